The second kappa shape index (κ2) is 6.68. The maximum absolute atomic E-state index is 12.5. The molecule has 1 aromatic heterocycles. The molecular weight excluding hydrogens is 392 g/mol. The molecule has 1 heterocycles. The van der Waals surface area contributed by atoms with Crippen LogP contribution >= 0.6 is 15.9 Å². The Labute approximate surface area is 151 Å². The molecule has 0 unspecified atom stereocenters. The maximum atomic E-state index is 12.5. The van der Waals surface area contributed by atoms with Crippen LogP contribution in [0.3, 0.4) is 0 Å². The zero-order valence-electron chi connectivity index (χ0n) is 13.8. The normalized spacial score (nSPS) is 10.7. The van der Waals surface area contributed by atoms with Gasteiger partial charge in [-0.25, -0.2) is 0 Å². The SMILES string of the molecule is COc1cc2oc(-c3ccc(OC)c(OC)c3)c(O)c(=O)c2cc1Br. The number of aromatic hydroxyl groups is 1. The molecule has 0 bridgehead atoms. The van der Waals surface area contributed by atoms with Crippen molar-refractivity contribution >= 4 is 26.9 Å². The Balaban J connectivity index is 2.28. The van der Waals surface area contributed by atoms with Gasteiger partial charge in [0.25, 0.3) is 0 Å². The first-order chi connectivity index (χ1) is 12.0. The molecule has 0 saturated carbocycles. The lowest BCUT2D eigenvalue weighted by Gasteiger charge is -2.11. The molecular formula is C18H15BrO6. The van der Waals surface area contributed by atoms with Crippen molar-refractivity contribution in [2.45, 2.75) is 0 Å². The van der Waals surface area contributed by atoms with Gasteiger partial charge >= 0.3 is 0 Å². The molecule has 0 radical (unpaired) electrons. The molecule has 0 aliphatic heterocycles. The molecule has 0 fully saturated rings. The quantitative estimate of drug-likeness (QED) is 0.706. The second-order valence-corrected chi connectivity index (χ2v) is 6.02. The van der Waals surface area contributed by atoms with Crippen LogP contribution in [0, 0.1) is 0 Å². The number of rotatable bonds is 4. The number of ether oxygens (including phenoxy) is 3. The molecule has 6 nitrogen and oxygen atoms in total. The van der Waals surface area contributed by atoms with E-state index in [0.29, 0.717) is 32.9 Å². The van der Waals surface area contributed by atoms with Crippen LogP contribution in [0.25, 0.3) is 22.3 Å². The number of hydrogen-bond acceptors (Lipinski definition) is 6. The Hall–Kier alpha value is -2.67. The van der Waals surface area contributed by atoms with E-state index in [1.54, 1.807) is 30.3 Å². The third kappa shape index (κ3) is 2.91. The fourth-order valence-electron chi connectivity index (χ4n) is 2.52. The Kier molecular flexibility index (Phi) is 4.59. The van der Waals surface area contributed by atoms with Crippen LogP contribution in [0.1, 0.15) is 0 Å². The van der Waals surface area contributed by atoms with Crippen LogP contribution in [0.2, 0.25) is 0 Å². The number of fused-ring (bicyclic) bond motifs is 1. The van der Waals surface area contributed by atoms with Crippen molar-refractivity contribution in [3.8, 4) is 34.3 Å². The highest BCUT2D eigenvalue weighted by Crippen LogP contribution is 2.37. The predicted molar refractivity (Wildman–Crippen MR) is 96.9 cm³/mol. The van der Waals surface area contributed by atoms with Crippen molar-refractivity contribution in [3.63, 3.8) is 0 Å². The summed E-state index contributed by atoms with van der Waals surface area (Å²) in [4.78, 5) is 12.5. The lowest BCUT2D eigenvalue weighted by molar-refractivity contribution is 0.355. The van der Waals surface area contributed by atoms with Gasteiger partial charge in [-0.1, -0.05) is 0 Å². The molecule has 3 aromatic rings. The molecule has 130 valence electrons. The van der Waals surface area contributed by atoms with Crippen LogP contribution in [0.15, 0.2) is 44.0 Å². The predicted octanol–water partition coefficient (Wildman–Crippen LogP) is 3.95. The Bertz CT molecular complexity index is 1010. The Morgan fingerprint density at radius 2 is 1.64 bits per heavy atom. The highest BCUT2D eigenvalue weighted by molar-refractivity contribution is 9.10. The second-order valence-electron chi connectivity index (χ2n) is 5.16. The fraction of sp³-hybridized carbons (Fsp3) is 0.167. The minimum atomic E-state index is -0.533. The largest absolute Gasteiger partial charge is 0.502 e. The van der Waals surface area contributed by atoms with Gasteiger partial charge in [-0.2, -0.15) is 0 Å². The van der Waals surface area contributed by atoms with Gasteiger partial charge in [-0.05, 0) is 40.2 Å². The van der Waals surface area contributed by atoms with Crippen molar-refractivity contribution in [1.82, 2.24) is 0 Å². The molecule has 3 rings (SSSR count). The molecule has 25 heavy (non-hydrogen) atoms. The number of benzene rings is 2. The van der Waals surface area contributed by atoms with Crippen LogP contribution in [0.4, 0.5) is 0 Å². The van der Waals surface area contributed by atoms with Crippen molar-refractivity contribution in [2.75, 3.05) is 21.3 Å². The molecule has 0 aliphatic rings. The van der Waals surface area contributed by atoms with E-state index >= 15 is 0 Å². The maximum Gasteiger partial charge on any atom is 0.235 e. The van der Waals surface area contributed by atoms with Gasteiger partial charge in [0.2, 0.25) is 11.2 Å². The topological polar surface area (TPSA) is 78.1 Å². The summed E-state index contributed by atoms with van der Waals surface area (Å²) in [6.07, 6.45) is 0. The third-order valence-corrected chi connectivity index (χ3v) is 4.41. The van der Waals surface area contributed by atoms with Crippen molar-refractivity contribution in [3.05, 3.63) is 45.0 Å². The first-order valence-electron chi connectivity index (χ1n) is 7.25. The highest BCUT2D eigenvalue weighted by Gasteiger charge is 2.18. The molecule has 7 heteroatoms. The van der Waals surface area contributed by atoms with Gasteiger partial charge in [-0.3, -0.25) is 4.79 Å². The lowest BCUT2D eigenvalue weighted by atomic mass is 10.1. The molecule has 0 atom stereocenters. The van der Waals surface area contributed by atoms with Crippen LogP contribution in [-0.2, 0) is 0 Å². The van der Waals surface area contributed by atoms with Gasteiger partial charge in [0.15, 0.2) is 17.3 Å². The van der Waals surface area contributed by atoms with Gasteiger partial charge in [0, 0.05) is 11.6 Å². The molecule has 0 aliphatic carbocycles. The fourth-order valence-corrected chi connectivity index (χ4v) is 3.02. The van der Waals surface area contributed by atoms with E-state index in [1.807, 2.05) is 0 Å². The van der Waals surface area contributed by atoms with Crippen LogP contribution < -0.4 is 19.6 Å². The van der Waals surface area contributed by atoms with Gasteiger partial charge in [0.1, 0.15) is 11.3 Å². The molecule has 0 spiro atoms. The van der Waals surface area contributed by atoms with E-state index in [4.69, 9.17) is 18.6 Å². The highest BCUT2D eigenvalue weighted by atomic mass is 79.9. The summed E-state index contributed by atoms with van der Waals surface area (Å²) >= 11 is 3.32. The first-order valence-corrected chi connectivity index (χ1v) is 8.05. The lowest BCUT2D eigenvalue weighted by Crippen LogP contribution is -2.03. The smallest absolute Gasteiger partial charge is 0.235 e. The zero-order chi connectivity index (χ0) is 18.1. The number of halogens is 1. The summed E-state index contributed by atoms with van der Waals surface area (Å²) in [5, 5.41) is 10.6. The summed E-state index contributed by atoms with van der Waals surface area (Å²) in [6, 6.07) is 8.10. The molecule has 0 saturated heterocycles. The number of methoxy groups -OCH3 is 3. The van der Waals surface area contributed by atoms with Crippen molar-refractivity contribution in [2.24, 2.45) is 0 Å². The van der Waals surface area contributed by atoms with E-state index in [-0.39, 0.29) is 11.1 Å². The van der Waals surface area contributed by atoms with Crippen LogP contribution in [-0.4, -0.2) is 26.4 Å². The van der Waals surface area contributed by atoms with E-state index in [1.165, 1.54) is 21.3 Å². The first kappa shape index (κ1) is 17.2. The van der Waals surface area contributed by atoms with Gasteiger partial charge in [0.05, 0.1) is 31.2 Å². The third-order valence-electron chi connectivity index (χ3n) is 3.79. The van der Waals surface area contributed by atoms with E-state index in [0.717, 1.165) is 0 Å². The standard InChI is InChI=1S/C18H15BrO6/c1-22-12-5-4-9(6-15(12)24-3)18-17(21)16(20)10-7-11(19)14(23-2)8-13(10)25-18/h4-8,21H,1-3H3. The summed E-state index contributed by atoms with van der Waals surface area (Å²) in [5.74, 6) is 1.06. The van der Waals surface area contributed by atoms with E-state index < -0.39 is 11.2 Å². The monoisotopic (exact) mass is 406 g/mol. The van der Waals surface area contributed by atoms with Gasteiger partial charge in [-0.15, -0.1) is 0 Å². The van der Waals surface area contributed by atoms with E-state index in [9.17, 15) is 9.90 Å². The Morgan fingerprint density at radius 1 is 0.960 bits per heavy atom. The molecule has 2 aromatic carbocycles. The van der Waals surface area contributed by atoms with Crippen LogP contribution in [0.5, 0.6) is 23.0 Å². The average molecular weight is 407 g/mol. The minimum Gasteiger partial charge on any atom is -0.502 e. The minimum absolute atomic E-state index is 0.0443. The average Bonchev–Trinajstić information content (AvgIpc) is 2.64. The van der Waals surface area contributed by atoms with Crippen molar-refractivity contribution in [1.29, 1.82) is 0 Å². The number of hydrogen-bond donors (Lipinski definition) is 1. The summed E-state index contributed by atoms with van der Waals surface area (Å²) in [5.41, 5.74) is 0.248. The Morgan fingerprint density at radius 3 is 2.28 bits per heavy atom. The summed E-state index contributed by atoms with van der Waals surface area (Å²) in [7, 11) is 4.54. The zero-order valence-corrected chi connectivity index (χ0v) is 15.3. The summed E-state index contributed by atoms with van der Waals surface area (Å²) < 4.78 is 22.0. The summed E-state index contributed by atoms with van der Waals surface area (Å²) in [6.45, 7) is 0. The molecule has 0 amide bonds. The van der Waals surface area contributed by atoms with Crippen molar-refractivity contribution < 1.29 is 23.7 Å². The van der Waals surface area contributed by atoms with E-state index in [2.05, 4.69) is 15.9 Å². The van der Waals surface area contributed by atoms with Gasteiger partial charge < -0.3 is 23.7 Å². The molecule has 1 N–H and O–H groups in total.